The maximum absolute atomic E-state index is 13.6. The van der Waals surface area contributed by atoms with Crippen LogP contribution in [0.5, 0.6) is 0 Å². The number of benzene rings is 2. The van der Waals surface area contributed by atoms with Crippen molar-refractivity contribution >= 4 is 15.7 Å². The molecule has 6 rings (SSSR count). The van der Waals surface area contributed by atoms with Crippen LogP contribution in [0.4, 0.5) is 0 Å². The Morgan fingerprint density at radius 1 is 1.03 bits per heavy atom. The molecule has 6 heteroatoms. The summed E-state index contributed by atoms with van der Waals surface area (Å²) in [6.07, 6.45) is 6.45. The maximum atomic E-state index is 13.6. The van der Waals surface area contributed by atoms with Gasteiger partial charge in [-0.25, -0.2) is 8.42 Å². The van der Waals surface area contributed by atoms with E-state index >= 15 is 0 Å². The quantitative estimate of drug-likeness (QED) is 0.616. The summed E-state index contributed by atoms with van der Waals surface area (Å²) in [6, 6.07) is 13.1. The first kappa shape index (κ1) is 23.6. The normalized spacial score (nSPS) is 25.8. The number of hydrogen-bond acceptors (Lipinski definition) is 4. The van der Waals surface area contributed by atoms with E-state index in [1.54, 1.807) is 12.1 Å². The van der Waals surface area contributed by atoms with E-state index in [-0.39, 0.29) is 23.2 Å². The van der Waals surface area contributed by atoms with E-state index in [2.05, 4.69) is 17.3 Å². The fourth-order valence-corrected chi connectivity index (χ4v) is 7.98. The van der Waals surface area contributed by atoms with E-state index < -0.39 is 9.84 Å². The second-order valence-electron chi connectivity index (χ2n) is 10.9. The highest BCUT2D eigenvalue weighted by atomic mass is 32.2. The second-order valence-corrected chi connectivity index (χ2v) is 12.9. The molecule has 2 aromatic rings. The summed E-state index contributed by atoms with van der Waals surface area (Å²) >= 11 is 0. The van der Waals surface area contributed by atoms with Gasteiger partial charge in [0.2, 0.25) is 0 Å². The molecule has 2 aliphatic carbocycles. The molecule has 1 N–H and O–H groups in total. The molecule has 34 heavy (non-hydrogen) atoms. The van der Waals surface area contributed by atoms with Crippen LogP contribution in [0.25, 0.3) is 0 Å². The topological polar surface area (TPSA) is 66.5 Å². The summed E-state index contributed by atoms with van der Waals surface area (Å²) in [4.78, 5) is 16.5. The highest BCUT2D eigenvalue weighted by molar-refractivity contribution is 7.91. The van der Waals surface area contributed by atoms with Crippen molar-refractivity contribution in [2.75, 3.05) is 19.3 Å². The third-order valence-corrected chi connectivity index (χ3v) is 10.4. The van der Waals surface area contributed by atoms with Crippen LogP contribution in [-0.4, -0.2) is 44.1 Å². The van der Waals surface area contributed by atoms with E-state index in [4.69, 9.17) is 0 Å². The molecule has 2 bridgehead atoms. The van der Waals surface area contributed by atoms with Crippen molar-refractivity contribution in [3.05, 3.63) is 64.7 Å². The first-order chi connectivity index (χ1) is 16.2. The van der Waals surface area contributed by atoms with E-state index in [9.17, 15) is 13.2 Å². The zero-order valence-corrected chi connectivity index (χ0v) is 21.3. The molecule has 5 nitrogen and oxygen atoms in total. The molecule has 2 saturated carbocycles. The smallest absolute Gasteiger partial charge is 0.252 e. The number of piperidine rings is 2. The Bertz CT molecular complexity index is 1160. The number of carbonyl (C=O) groups is 1. The molecule has 2 heterocycles. The monoisotopic (exact) mass is 480 g/mol. The van der Waals surface area contributed by atoms with Gasteiger partial charge in [0.25, 0.3) is 5.91 Å². The number of nitrogens with zero attached hydrogens (tertiary/aromatic N) is 1. The van der Waals surface area contributed by atoms with Crippen LogP contribution in [0.3, 0.4) is 0 Å². The minimum Gasteiger partial charge on any atom is -0.343 e. The molecule has 0 spiro atoms. The van der Waals surface area contributed by atoms with E-state index in [1.807, 2.05) is 44.2 Å². The van der Waals surface area contributed by atoms with Crippen LogP contribution in [0.15, 0.2) is 47.4 Å². The van der Waals surface area contributed by atoms with Gasteiger partial charge >= 0.3 is 0 Å². The first-order valence-corrected chi connectivity index (χ1v) is 14.3. The fraction of sp³-hybridized carbons (Fsp3) is 0.536. The van der Waals surface area contributed by atoms with Crippen molar-refractivity contribution in [3.63, 3.8) is 0 Å². The van der Waals surface area contributed by atoms with Gasteiger partial charge < -0.3 is 5.32 Å². The molecular formula is C28H36N2O3S. The Morgan fingerprint density at radius 2 is 1.65 bits per heavy atom. The number of sulfone groups is 1. The zero-order valence-electron chi connectivity index (χ0n) is 20.5. The molecular weight excluding hydrogens is 444 g/mol. The number of hydrogen-bond donors (Lipinski definition) is 1. The Kier molecular flexibility index (Phi) is 6.09. The summed E-state index contributed by atoms with van der Waals surface area (Å²) < 4.78 is 25.6. The van der Waals surface area contributed by atoms with Gasteiger partial charge in [0.1, 0.15) is 0 Å². The second kappa shape index (κ2) is 8.80. The van der Waals surface area contributed by atoms with Crippen LogP contribution in [0, 0.1) is 25.7 Å². The Hall–Kier alpha value is -2.18. The van der Waals surface area contributed by atoms with Crippen molar-refractivity contribution in [2.45, 2.75) is 68.8 Å². The molecule has 1 unspecified atom stereocenters. The van der Waals surface area contributed by atoms with Gasteiger partial charge in [-0.15, -0.1) is 0 Å². The van der Waals surface area contributed by atoms with Gasteiger partial charge in [-0.05, 0) is 100 Å². The van der Waals surface area contributed by atoms with Crippen molar-refractivity contribution in [1.82, 2.24) is 10.2 Å². The van der Waals surface area contributed by atoms with Crippen molar-refractivity contribution in [2.24, 2.45) is 11.8 Å². The zero-order chi connectivity index (χ0) is 24.1. The highest BCUT2D eigenvalue weighted by Gasteiger charge is 2.50. The number of rotatable bonds is 7. The number of likely N-dealkylation sites (N-methyl/N-ethyl adjacent to an activating group) is 1. The van der Waals surface area contributed by atoms with Crippen LogP contribution >= 0.6 is 0 Å². The highest BCUT2D eigenvalue weighted by Crippen LogP contribution is 2.49. The minimum atomic E-state index is -3.26. The number of carbonyl (C=O) groups excluding carboxylic acids is 1. The third kappa shape index (κ3) is 4.31. The summed E-state index contributed by atoms with van der Waals surface area (Å²) in [5.41, 5.74) is 3.50. The molecule has 2 aromatic carbocycles. The van der Waals surface area contributed by atoms with Gasteiger partial charge in [-0.2, -0.15) is 0 Å². The number of amides is 1. The molecule has 1 amide bonds. The van der Waals surface area contributed by atoms with Crippen molar-refractivity contribution < 1.29 is 13.2 Å². The Balaban J connectivity index is 1.50. The van der Waals surface area contributed by atoms with E-state index in [0.717, 1.165) is 60.4 Å². The Labute approximate surface area is 203 Å². The lowest BCUT2D eigenvalue weighted by atomic mass is 9.65. The lowest BCUT2D eigenvalue weighted by Gasteiger charge is -2.57. The molecule has 0 radical (unpaired) electrons. The van der Waals surface area contributed by atoms with Crippen LogP contribution in [-0.2, 0) is 9.84 Å². The van der Waals surface area contributed by atoms with Crippen molar-refractivity contribution in [1.29, 1.82) is 0 Å². The van der Waals surface area contributed by atoms with E-state index in [0.29, 0.717) is 10.8 Å². The summed E-state index contributed by atoms with van der Waals surface area (Å²) in [6.45, 7) is 5.00. The lowest BCUT2D eigenvalue weighted by Crippen LogP contribution is -2.62. The molecule has 2 saturated heterocycles. The molecule has 0 aromatic heterocycles. The largest absolute Gasteiger partial charge is 0.343 e. The number of fused-ring (bicyclic) bond motifs is 3. The average Bonchev–Trinajstić information content (AvgIpc) is 3.61. The molecule has 1 atom stereocenters. The van der Waals surface area contributed by atoms with E-state index in [1.165, 1.54) is 12.8 Å². The summed E-state index contributed by atoms with van der Waals surface area (Å²) in [5.74, 6) is 1.24. The lowest BCUT2D eigenvalue weighted by molar-refractivity contribution is -0.0404. The van der Waals surface area contributed by atoms with Gasteiger partial charge in [-0.3, -0.25) is 9.69 Å². The third-order valence-electron chi connectivity index (χ3n) is 8.51. The first-order valence-electron chi connectivity index (χ1n) is 12.6. The van der Waals surface area contributed by atoms with Crippen molar-refractivity contribution in [3.8, 4) is 0 Å². The average molecular weight is 481 g/mol. The Morgan fingerprint density at radius 3 is 2.21 bits per heavy atom. The van der Waals surface area contributed by atoms with Crippen LogP contribution in [0.1, 0.15) is 71.6 Å². The van der Waals surface area contributed by atoms with Gasteiger partial charge in [-0.1, -0.05) is 30.3 Å². The predicted octanol–water partition coefficient (Wildman–Crippen LogP) is 4.83. The summed E-state index contributed by atoms with van der Waals surface area (Å²) in [7, 11) is -1.08. The number of nitrogens with one attached hydrogen (secondary N) is 1. The SMILES string of the molecule is Cc1cccc(C)c1C(=O)NC(c1ccc(S(=O)(=O)CC2CC2)cc1)C12CCC(CC1)CN2C. The minimum absolute atomic E-state index is 0.0542. The number of aryl methyl sites for hydroxylation is 2. The van der Waals surface area contributed by atoms with Gasteiger partial charge in [0, 0.05) is 17.6 Å². The maximum Gasteiger partial charge on any atom is 0.252 e. The predicted molar refractivity (Wildman–Crippen MR) is 135 cm³/mol. The fourth-order valence-electron chi connectivity index (χ4n) is 6.28. The van der Waals surface area contributed by atoms with Crippen LogP contribution < -0.4 is 5.32 Å². The van der Waals surface area contributed by atoms with Crippen LogP contribution in [0.2, 0.25) is 0 Å². The molecule has 2 aliphatic heterocycles. The molecule has 182 valence electrons. The molecule has 4 aliphatic rings. The standard InChI is InChI=1S/C28H36N2O3S/c1-19-5-4-6-20(2)25(19)27(31)29-26(28-15-13-21(14-16-28)17-30(28)3)23-9-11-24(12-10-23)34(32,33)18-22-7-8-22/h4-6,9-12,21-22,26H,7-8,13-18H2,1-3H3,(H,29,31). The molecule has 4 fully saturated rings. The summed E-state index contributed by atoms with van der Waals surface area (Å²) in [5, 5.41) is 3.42. The van der Waals surface area contributed by atoms with Gasteiger partial charge in [0.15, 0.2) is 9.84 Å². The van der Waals surface area contributed by atoms with Gasteiger partial charge in [0.05, 0.1) is 16.7 Å².